The molecule has 1 heterocycles. The number of nitrogens with zero attached hydrogens (tertiary/aromatic N) is 2. The monoisotopic (exact) mass is 420 g/mol. The molecule has 0 aliphatic carbocycles. The number of aromatic nitrogens is 2. The molecular formula is C18H14Cl2N4O2S. The molecule has 0 radical (unpaired) electrons. The minimum Gasteiger partial charge on any atom is -0.352 e. The van der Waals surface area contributed by atoms with Crippen molar-refractivity contribution in [1.29, 1.82) is 0 Å². The Hall–Kier alpha value is -2.48. The summed E-state index contributed by atoms with van der Waals surface area (Å²) >= 11 is 13.2. The van der Waals surface area contributed by atoms with Gasteiger partial charge in [-0.15, -0.1) is 10.2 Å². The minimum absolute atomic E-state index is 0.252. The van der Waals surface area contributed by atoms with Crippen molar-refractivity contribution in [3.63, 3.8) is 0 Å². The molecule has 3 rings (SSSR count). The van der Waals surface area contributed by atoms with E-state index in [1.807, 2.05) is 0 Å². The third-order valence-electron chi connectivity index (χ3n) is 3.55. The van der Waals surface area contributed by atoms with Crippen molar-refractivity contribution < 1.29 is 9.59 Å². The molecule has 0 atom stereocenters. The molecule has 6 nitrogen and oxygen atoms in total. The smallest absolute Gasteiger partial charge is 0.259 e. The zero-order valence-corrected chi connectivity index (χ0v) is 16.2. The average Bonchev–Trinajstić information content (AvgIpc) is 3.09. The Morgan fingerprint density at radius 2 is 1.48 bits per heavy atom. The molecule has 0 aliphatic heterocycles. The van der Waals surface area contributed by atoms with E-state index in [1.165, 1.54) is 11.3 Å². The number of carbonyl (C=O) groups excluding carboxylic acids is 2. The molecule has 1 aromatic heterocycles. The van der Waals surface area contributed by atoms with Gasteiger partial charge in [-0.05, 0) is 24.3 Å². The molecule has 2 N–H and O–H groups in total. The predicted molar refractivity (Wildman–Crippen MR) is 107 cm³/mol. The lowest BCUT2D eigenvalue weighted by molar-refractivity contribution is 0.0953. The Morgan fingerprint density at radius 1 is 0.889 bits per heavy atom. The summed E-state index contributed by atoms with van der Waals surface area (Å²) in [5.41, 5.74) is 0.784. The van der Waals surface area contributed by atoms with E-state index in [0.717, 1.165) is 0 Å². The topological polar surface area (TPSA) is 84.0 Å². The molecular weight excluding hydrogens is 407 g/mol. The Bertz CT molecular complexity index is 977. The van der Waals surface area contributed by atoms with E-state index < -0.39 is 0 Å². The number of hydrogen-bond acceptors (Lipinski definition) is 5. The highest BCUT2D eigenvalue weighted by molar-refractivity contribution is 7.15. The molecule has 138 valence electrons. The van der Waals surface area contributed by atoms with Gasteiger partial charge in [-0.25, -0.2) is 0 Å². The number of hydrogen-bond donors (Lipinski definition) is 2. The third kappa shape index (κ3) is 5.03. The Balaban J connectivity index is 1.53. The van der Waals surface area contributed by atoms with Crippen molar-refractivity contribution in [3.8, 4) is 0 Å². The molecule has 0 saturated heterocycles. The van der Waals surface area contributed by atoms with Crippen LogP contribution in [0, 0.1) is 0 Å². The Kier molecular flexibility index (Phi) is 6.39. The first-order valence-corrected chi connectivity index (χ1v) is 9.53. The lowest BCUT2D eigenvalue weighted by Gasteiger charge is -2.05. The highest BCUT2D eigenvalue weighted by Crippen LogP contribution is 2.20. The molecule has 9 heteroatoms. The summed E-state index contributed by atoms with van der Waals surface area (Å²) in [5, 5.41) is 15.2. The van der Waals surface area contributed by atoms with E-state index >= 15 is 0 Å². The first kappa shape index (κ1) is 19.3. The average molecular weight is 421 g/mol. The number of anilines is 1. The van der Waals surface area contributed by atoms with Gasteiger partial charge in [0.15, 0.2) is 0 Å². The number of amides is 2. The first-order valence-electron chi connectivity index (χ1n) is 7.95. The van der Waals surface area contributed by atoms with Gasteiger partial charge >= 0.3 is 0 Å². The van der Waals surface area contributed by atoms with Gasteiger partial charge in [0, 0.05) is 13.0 Å². The summed E-state index contributed by atoms with van der Waals surface area (Å²) in [7, 11) is 0. The predicted octanol–water partition coefficient (Wildman–Crippen LogP) is 4.07. The second kappa shape index (κ2) is 8.94. The van der Waals surface area contributed by atoms with Crippen LogP contribution in [0.2, 0.25) is 10.0 Å². The summed E-state index contributed by atoms with van der Waals surface area (Å²) in [6.07, 6.45) is 0.482. The van der Waals surface area contributed by atoms with Crippen molar-refractivity contribution >= 4 is 51.5 Å². The summed E-state index contributed by atoms with van der Waals surface area (Å²) in [6.45, 7) is 0.372. The number of carbonyl (C=O) groups is 2. The molecule has 0 saturated carbocycles. The van der Waals surface area contributed by atoms with Crippen LogP contribution >= 0.6 is 34.5 Å². The van der Waals surface area contributed by atoms with Gasteiger partial charge in [0.1, 0.15) is 5.01 Å². The van der Waals surface area contributed by atoms with Crippen LogP contribution in [0.25, 0.3) is 0 Å². The molecule has 0 aliphatic rings. The molecule has 0 unspecified atom stereocenters. The largest absolute Gasteiger partial charge is 0.352 e. The Labute approximate surface area is 169 Å². The minimum atomic E-state index is -0.352. The number of benzene rings is 2. The SMILES string of the molecule is O=C(NCCc1nnc(NC(=O)c2ccccc2Cl)s1)c1ccccc1Cl. The van der Waals surface area contributed by atoms with Crippen LogP contribution in [0.15, 0.2) is 48.5 Å². The van der Waals surface area contributed by atoms with Crippen LogP contribution in [0.5, 0.6) is 0 Å². The van der Waals surface area contributed by atoms with Crippen molar-refractivity contribution in [3.05, 3.63) is 74.7 Å². The fourth-order valence-electron chi connectivity index (χ4n) is 2.24. The van der Waals surface area contributed by atoms with E-state index in [4.69, 9.17) is 23.2 Å². The second-order valence-electron chi connectivity index (χ2n) is 5.42. The molecule has 0 spiro atoms. The van der Waals surface area contributed by atoms with Crippen LogP contribution in [0.1, 0.15) is 25.7 Å². The van der Waals surface area contributed by atoms with Crippen LogP contribution < -0.4 is 10.6 Å². The molecule has 27 heavy (non-hydrogen) atoms. The summed E-state index contributed by atoms with van der Waals surface area (Å²) in [6, 6.07) is 13.6. The number of rotatable bonds is 6. The van der Waals surface area contributed by atoms with E-state index in [9.17, 15) is 9.59 Å². The zero-order chi connectivity index (χ0) is 19.2. The van der Waals surface area contributed by atoms with Gasteiger partial charge in [0.2, 0.25) is 5.13 Å². The summed E-state index contributed by atoms with van der Waals surface area (Å²) in [5.74, 6) is -0.604. The zero-order valence-electron chi connectivity index (χ0n) is 13.9. The van der Waals surface area contributed by atoms with Crippen molar-refractivity contribution in [2.45, 2.75) is 6.42 Å². The molecule has 2 aromatic carbocycles. The van der Waals surface area contributed by atoms with Crippen molar-refractivity contribution in [2.75, 3.05) is 11.9 Å². The van der Waals surface area contributed by atoms with E-state index in [1.54, 1.807) is 48.5 Å². The normalized spacial score (nSPS) is 10.4. The molecule has 3 aromatic rings. The van der Waals surface area contributed by atoms with Crippen LogP contribution in [-0.2, 0) is 6.42 Å². The quantitative estimate of drug-likeness (QED) is 0.629. The van der Waals surface area contributed by atoms with Crippen molar-refractivity contribution in [1.82, 2.24) is 15.5 Å². The highest BCUT2D eigenvalue weighted by atomic mass is 35.5. The van der Waals surface area contributed by atoms with Crippen LogP contribution in [-0.4, -0.2) is 28.6 Å². The maximum absolute atomic E-state index is 12.2. The van der Waals surface area contributed by atoms with E-state index in [0.29, 0.717) is 44.3 Å². The van der Waals surface area contributed by atoms with Crippen LogP contribution in [0.3, 0.4) is 0 Å². The van der Waals surface area contributed by atoms with Crippen molar-refractivity contribution in [2.24, 2.45) is 0 Å². The fraction of sp³-hybridized carbons (Fsp3) is 0.111. The summed E-state index contributed by atoms with van der Waals surface area (Å²) < 4.78 is 0. The molecule has 0 bridgehead atoms. The van der Waals surface area contributed by atoms with Gasteiger partial charge in [-0.1, -0.05) is 58.8 Å². The lowest BCUT2D eigenvalue weighted by atomic mass is 10.2. The fourth-order valence-corrected chi connectivity index (χ4v) is 3.42. The van der Waals surface area contributed by atoms with Gasteiger partial charge in [-0.3, -0.25) is 14.9 Å². The van der Waals surface area contributed by atoms with Crippen LogP contribution in [0.4, 0.5) is 5.13 Å². The lowest BCUT2D eigenvalue weighted by Crippen LogP contribution is -2.25. The maximum atomic E-state index is 12.2. The van der Waals surface area contributed by atoms with E-state index in [-0.39, 0.29) is 11.8 Å². The third-order valence-corrected chi connectivity index (χ3v) is 5.11. The highest BCUT2D eigenvalue weighted by Gasteiger charge is 2.13. The van der Waals surface area contributed by atoms with Gasteiger partial charge in [0.25, 0.3) is 11.8 Å². The number of halogens is 2. The van der Waals surface area contributed by atoms with Gasteiger partial charge in [0.05, 0.1) is 21.2 Å². The molecule has 0 fully saturated rings. The van der Waals surface area contributed by atoms with E-state index in [2.05, 4.69) is 20.8 Å². The van der Waals surface area contributed by atoms with Gasteiger partial charge in [-0.2, -0.15) is 0 Å². The van der Waals surface area contributed by atoms with Gasteiger partial charge < -0.3 is 5.32 Å². The Morgan fingerprint density at radius 3 is 2.11 bits per heavy atom. The number of nitrogens with one attached hydrogen (secondary N) is 2. The molecule has 2 amide bonds. The summed E-state index contributed by atoms with van der Waals surface area (Å²) in [4.78, 5) is 24.3. The maximum Gasteiger partial charge on any atom is 0.259 e. The standard InChI is InChI=1S/C18H14Cl2N4O2S/c19-13-7-3-1-5-11(13)16(25)21-10-9-15-23-24-18(27-15)22-17(26)12-6-2-4-8-14(12)20/h1-8H,9-10H2,(H,21,25)(H,22,24,26). The first-order chi connectivity index (χ1) is 13.0. The second-order valence-corrected chi connectivity index (χ2v) is 7.30.